The van der Waals surface area contributed by atoms with Gasteiger partial charge in [-0.05, 0) is 24.3 Å². The molecule has 3 rings (SSSR count). The van der Waals surface area contributed by atoms with E-state index in [1.807, 2.05) is 0 Å². The summed E-state index contributed by atoms with van der Waals surface area (Å²) in [5.41, 5.74) is -0.398. The van der Waals surface area contributed by atoms with Crippen LogP contribution in [0.2, 0.25) is 0 Å². The van der Waals surface area contributed by atoms with E-state index in [1.54, 1.807) is 12.1 Å². The normalized spacial score (nSPS) is 11.2. The Morgan fingerprint density at radius 3 is 2.67 bits per heavy atom. The lowest BCUT2D eigenvalue weighted by Crippen LogP contribution is -2.28. The Labute approximate surface area is 150 Å². The number of anilines is 1. The van der Waals surface area contributed by atoms with E-state index in [2.05, 4.69) is 15.0 Å². The third kappa shape index (κ3) is 4.75. The van der Waals surface area contributed by atoms with Gasteiger partial charge in [-0.25, -0.2) is 4.98 Å². The van der Waals surface area contributed by atoms with E-state index in [9.17, 15) is 22.8 Å². The highest BCUT2D eigenvalue weighted by Crippen LogP contribution is 2.29. The lowest BCUT2D eigenvalue weighted by molar-refractivity contribution is -0.274. The second-order valence-corrected chi connectivity index (χ2v) is 5.31. The summed E-state index contributed by atoms with van der Waals surface area (Å²) < 4.78 is 47.2. The molecule has 1 aromatic carbocycles. The molecule has 0 bridgehead atoms. The van der Waals surface area contributed by atoms with Gasteiger partial charge >= 0.3 is 6.36 Å². The summed E-state index contributed by atoms with van der Waals surface area (Å²) in [6.45, 7) is -0.440. The third-order valence-corrected chi connectivity index (χ3v) is 3.35. The van der Waals surface area contributed by atoms with Crippen LogP contribution in [0.4, 0.5) is 18.9 Å². The predicted molar refractivity (Wildman–Crippen MR) is 88.0 cm³/mol. The Balaban J connectivity index is 1.73. The van der Waals surface area contributed by atoms with Gasteiger partial charge in [-0.15, -0.1) is 13.2 Å². The Hall–Kier alpha value is -3.56. The highest BCUT2D eigenvalue weighted by atomic mass is 19.4. The molecule has 0 radical (unpaired) electrons. The molecule has 2 heterocycles. The van der Waals surface area contributed by atoms with Gasteiger partial charge < -0.3 is 14.5 Å². The number of amides is 1. The van der Waals surface area contributed by atoms with Crippen molar-refractivity contribution in [1.82, 2.24) is 9.55 Å². The SMILES string of the molecule is O=C(Cn1cnc(-c2ccco2)cc1=O)Nc1ccccc1OC(F)(F)F. The first-order valence-electron chi connectivity index (χ1n) is 7.57. The van der Waals surface area contributed by atoms with Crippen molar-refractivity contribution in [3.8, 4) is 17.2 Å². The summed E-state index contributed by atoms with van der Waals surface area (Å²) in [5.74, 6) is -0.887. The van der Waals surface area contributed by atoms with Crippen LogP contribution in [0.5, 0.6) is 5.75 Å². The lowest BCUT2D eigenvalue weighted by Gasteiger charge is -2.14. The van der Waals surface area contributed by atoms with E-state index in [0.717, 1.165) is 17.0 Å². The molecular formula is C17H12F3N3O4. The number of halogens is 3. The first-order valence-corrected chi connectivity index (χ1v) is 7.57. The molecule has 0 unspecified atom stereocenters. The monoisotopic (exact) mass is 379 g/mol. The van der Waals surface area contributed by atoms with E-state index in [4.69, 9.17) is 4.42 Å². The quantitative estimate of drug-likeness (QED) is 0.736. The molecule has 7 nitrogen and oxygen atoms in total. The number of hydrogen-bond donors (Lipinski definition) is 1. The average Bonchev–Trinajstić information content (AvgIpc) is 3.12. The summed E-state index contributed by atoms with van der Waals surface area (Å²) in [6, 6.07) is 9.53. The van der Waals surface area contributed by atoms with Crippen LogP contribution < -0.4 is 15.6 Å². The van der Waals surface area contributed by atoms with Gasteiger partial charge in [-0.1, -0.05) is 12.1 Å². The minimum Gasteiger partial charge on any atom is -0.463 e. The Morgan fingerprint density at radius 1 is 1.22 bits per heavy atom. The van der Waals surface area contributed by atoms with Crippen LogP contribution in [-0.2, 0) is 11.3 Å². The van der Waals surface area contributed by atoms with Crippen molar-refractivity contribution < 1.29 is 27.1 Å². The smallest absolute Gasteiger partial charge is 0.463 e. The molecule has 0 saturated heterocycles. The molecule has 0 aliphatic carbocycles. The predicted octanol–water partition coefficient (Wildman–Crippen LogP) is 3.04. The number of furan rings is 1. The standard InChI is InChI=1S/C17H12F3N3O4/c18-17(19,20)27-14-5-2-1-4-11(14)22-15(24)9-23-10-21-12(8-16(23)25)13-6-3-7-26-13/h1-8,10H,9H2,(H,22,24). The maximum absolute atomic E-state index is 12.4. The number of nitrogens with zero attached hydrogens (tertiary/aromatic N) is 2. The maximum Gasteiger partial charge on any atom is 0.573 e. The average molecular weight is 379 g/mol. The number of benzene rings is 1. The first kappa shape index (κ1) is 18.2. The molecule has 140 valence electrons. The highest BCUT2D eigenvalue weighted by molar-refractivity contribution is 5.92. The van der Waals surface area contributed by atoms with Gasteiger partial charge in [-0.3, -0.25) is 14.2 Å². The van der Waals surface area contributed by atoms with Gasteiger partial charge in [0.15, 0.2) is 11.5 Å². The molecule has 0 aliphatic heterocycles. The molecule has 0 aliphatic rings. The van der Waals surface area contributed by atoms with Crippen LogP contribution in [0.3, 0.4) is 0 Å². The summed E-state index contributed by atoms with van der Waals surface area (Å²) >= 11 is 0. The number of rotatable bonds is 5. The van der Waals surface area contributed by atoms with Gasteiger partial charge in [0.1, 0.15) is 12.2 Å². The van der Waals surface area contributed by atoms with Gasteiger partial charge in [-0.2, -0.15) is 0 Å². The molecule has 2 aromatic heterocycles. The minimum absolute atomic E-state index is 0.173. The number of carbonyl (C=O) groups excluding carboxylic acids is 1. The maximum atomic E-state index is 12.4. The summed E-state index contributed by atoms with van der Waals surface area (Å²) in [5, 5.41) is 2.28. The zero-order chi connectivity index (χ0) is 19.4. The molecule has 1 N–H and O–H groups in total. The lowest BCUT2D eigenvalue weighted by atomic mass is 10.3. The number of carbonyl (C=O) groups is 1. The molecule has 0 saturated carbocycles. The number of para-hydroxylation sites is 2. The summed E-state index contributed by atoms with van der Waals surface area (Å²) in [4.78, 5) is 28.2. The zero-order valence-corrected chi connectivity index (χ0v) is 13.6. The van der Waals surface area contributed by atoms with Gasteiger partial charge in [0, 0.05) is 6.07 Å². The summed E-state index contributed by atoms with van der Waals surface area (Å²) in [7, 11) is 0. The van der Waals surface area contributed by atoms with Crippen LogP contribution in [-0.4, -0.2) is 21.8 Å². The number of ether oxygens (including phenoxy) is 1. The Morgan fingerprint density at radius 2 is 2.00 bits per heavy atom. The second-order valence-electron chi connectivity index (χ2n) is 5.31. The molecule has 1 amide bonds. The Kier molecular flexibility index (Phi) is 4.97. The molecular weight excluding hydrogens is 367 g/mol. The molecule has 27 heavy (non-hydrogen) atoms. The van der Waals surface area contributed by atoms with Crippen molar-refractivity contribution in [2.75, 3.05) is 5.32 Å². The minimum atomic E-state index is -4.90. The van der Waals surface area contributed by atoms with E-state index >= 15 is 0 Å². The fourth-order valence-corrected chi connectivity index (χ4v) is 2.23. The van der Waals surface area contributed by atoms with Crippen molar-refractivity contribution in [2.24, 2.45) is 0 Å². The molecule has 3 aromatic rings. The van der Waals surface area contributed by atoms with Crippen LogP contribution >= 0.6 is 0 Å². The van der Waals surface area contributed by atoms with Crippen LogP contribution in [0.15, 0.2) is 64.3 Å². The van der Waals surface area contributed by atoms with Crippen LogP contribution in [0.25, 0.3) is 11.5 Å². The first-order chi connectivity index (χ1) is 12.8. The highest BCUT2D eigenvalue weighted by Gasteiger charge is 2.32. The third-order valence-electron chi connectivity index (χ3n) is 3.35. The van der Waals surface area contributed by atoms with Crippen LogP contribution in [0, 0.1) is 0 Å². The van der Waals surface area contributed by atoms with Crippen molar-refractivity contribution in [1.29, 1.82) is 0 Å². The topological polar surface area (TPSA) is 86.4 Å². The molecule has 0 fully saturated rings. The number of nitrogens with one attached hydrogen (secondary N) is 1. The summed E-state index contributed by atoms with van der Waals surface area (Å²) in [6.07, 6.45) is -2.32. The van der Waals surface area contributed by atoms with Gasteiger partial charge in [0.2, 0.25) is 5.91 Å². The molecule has 0 spiro atoms. The largest absolute Gasteiger partial charge is 0.573 e. The van der Waals surface area contributed by atoms with E-state index < -0.39 is 30.1 Å². The van der Waals surface area contributed by atoms with Crippen molar-refractivity contribution in [2.45, 2.75) is 12.9 Å². The Bertz CT molecular complexity index is 997. The molecule has 10 heteroatoms. The van der Waals surface area contributed by atoms with Gasteiger partial charge in [0.05, 0.1) is 18.3 Å². The van der Waals surface area contributed by atoms with Crippen molar-refractivity contribution in [3.05, 3.63) is 65.4 Å². The van der Waals surface area contributed by atoms with E-state index in [1.165, 1.54) is 30.5 Å². The zero-order valence-electron chi connectivity index (χ0n) is 13.6. The number of aromatic nitrogens is 2. The second kappa shape index (κ2) is 7.36. The van der Waals surface area contributed by atoms with E-state index in [-0.39, 0.29) is 5.69 Å². The van der Waals surface area contributed by atoms with Crippen LogP contribution in [0.1, 0.15) is 0 Å². The van der Waals surface area contributed by atoms with Crippen molar-refractivity contribution in [3.63, 3.8) is 0 Å². The number of hydrogen-bond acceptors (Lipinski definition) is 5. The number of alkyl halides is 3. The molecule has 0 atom stereocenters. The fraction of sp³-hybridized carbons (Fsp3) is 0.118. The van der Waals surface area contributed by atoms with Gasteiger partial charge in [0.25, 0.3) is 5.56 Å². The van der Waals surface area contributed by atoms with E-state index in [0.29, 0.717) is 11.5 Å². The fourth-order valence-electron chi connectivity index (χ4n) is 2.23. The van der Waals surface area contributed by atoms with Crippen molar-refractivity contribution >= 4 is 11.6 Å².